The highest BCUT2D eigenvalue weighted by Gasteiger charge is 2.33. The van der Waals surface area contributed by atoms with Crippen LogP contribution in [0.1, 0.15) is 56.2 Å². The second-order valence-electron chi connectivity index (χ2n) is 9.16. The van der Waals surface area contributed by atoms with Crippen molar-refractivity contribution in [2.24, 2.45) is 0 Å². The van der Waals surface area contributed by atoms with Crippen molar-refractivity contribution in [3.63, 3.8) is 0 Å². The van der Waals surface area contributed by atoms with E-state index in [1.165, 1.54) is 53.9 Å². The molecule has 1 aliphatic heterocycles. The molecular formula is C27H26N3S+. The predicted octanol–water partition coefficient (Wildman–Crippen LogP) is 6.80. The number of benzene rings is 2. The zero-order valence-electron chi connectivity index (χ0n) is 18.4. The number of aromatic nitrogens is 3. The van der Waals surface area contributed by atoms with E-state index in [9.17, 15) is 0 Å². The molecule has 1 aliphatic rings. The molecule has 0 unspecified atom stereocenters. The van der Waals surface area contributed by atoms with Crippen LogP contribution in [0.3, 0.4) is 0 Å². The summed E-state index contributed by atoms with van der Waals surface area (Å²) < 4.78 is 7.56. The maximum absolute atomic E-state index is 4.43. The van der Waals surface area contributed by atoms with Gasteiger partial charge in [-0.15, -0.1) is 11.3 Å². The fourth-order valence-electron chi connectivity index (χ4n) is 5.11. The zero-order valence-corrected chi connectivity index (χ0v) is 19.2. The SMILES string of the molecule is CC(C)c1cc2c(sc3ccncc32)c(C(C)C)c1-n1cc[n+]2c1-c1ccccc1C2. The van der Waals surface area contributed by atoms with Gasteiger partial charge in [-0.05, 0) is 30.0 Å². The van der Waals surface area contributed by atoms with Crippen LogP contribution in [0.5, 0.6) is 0 Å². The Morgan fingerprint density at radius 3 is 2.68 bits per heavy atom. The summed E-state index contributed by atoms with van der Waals surface area (Å²) >= 11 is 1.91. The summed E-state index contributed by atoms with van der Waals surface area (Å²) in [4.78, 5) is 4.43. The Morgan fingerprint density at radius 1 is 1.03 bits per heavy atom. The molecule has 0 radical (unpaired) electrons. The van der Waals surface area contributed by atoms with E-state index in [0.717, 1.165) is 6.54 Å². The molecule has 4 heterocycles. The molecule has 0 fully saturated rings. The number of hydrogen-bond acceptors (Lipinski definition) is 2. The first-order chi connectivity index (χ1) is 15.0. The van der Waals surface area contributed by atoms with Crippen molar-refractivity contribution in [1.29, 1.82) is 0 Å². The Kier molecular flexibility index (Phi) is 4.09. The van der Waals surface area contributed by atoms with Crippen molar-refractivity contribution in [3.8, 4) is 17.1 Å². The van der Waals surface area contributed by atoms with Gasteiger partial charge in [0, 0.05) is 49.3 Å². The third-order valence-electron chi connectivity index (χ3n) is 6.54. The molecular weight excluding hydrogens is 398 g/mol. The number of fused-ring (bicyclic) bond motifs is 6. The van der Waals surface area contributed by atoms with Crippen LogP contribution in [-0.2, 0) is 6.54 Å². The molecule has 0 amide bonds. The second kappa shape index (κ2) is 6.76. The van der Waals surface area contributed by atoms with E-state index in [2.05, 4.69) is 90.6 Å². The van der Waals surface area contributed by atoms with E-state index in [1.54, 1.807) is 0 Å². The van der Waals surface area contributed by atoms with Gasteiger partial charge in [0.25, 0.3) is 5.82 Å². The minimum Gasteiger partial charge on any atom is -0.264 e. The summed E-state index contributed by atoms with van der Waals surface area (Å²) in [6, 6.07) is 13.4. The highest BCUT2D eigenvalue weighted by atomic mass is 32.1. The van der Waals surface area contributed by atoms with Gasteiger partial charge >= 0.3 is 0 Å². The van der Waals surface area contributed by atoms with E-state index < -0.39 is 0 Å². The molecule has 31 heavy (non-hydrogen) atoms. The lowest BCUT2D eigenvalue weighted by Crippen LogP contribution is -2.30. The summed E-state index contributed by atoms with van der Waals surface area (Å²) in [6.07, 6.45) is 8.44. The Morgan fingerprint density at radius 2 is 1.87 bits per heavy atom. The van der Waals surface area contributed by atoms with E-state index in [0.29, 0.717) is 11.8 Å². The van der Waals surface area contributed by atoms with Crippen molar-refractivity contribution in [1.82, 2.24) is 9.55 Å². The molecule has 4 heteroatoms. The van der Waals surface area contributed by atoms with E-state index in [4.69, 9.17) is 0 Å². The molecule has 0 bridgehead atoms. The number of nitrogens with zero attached hydrogens (tertiary/aromatic N) is 3. The van der Waals surface area contributed by atoms with Crippen LogP contribution in [-0.4, -0.2) is 9.55 Å². The summed E-state index contributed by atoms with van der Waals surface area (Å²) in [5, 5.41) is 2.62. The molecule has 3 aromatic heterocycles. The molecule has 0 aliphatic carbocycles. The first-order valence-corrected chi connectivity index (χ1v) is 11.9. The van der Waals surface area contributed by atoms with Crippen molar-refractivity contribution in [2.75, 3.05) is 0 Å². The molecule has 154 valence electrons. The van der Waals surface area contributed by atoms with Gasteiger partial charge in [0.15, 0.2) is 0 Å². The lowest BCUT2D eigenvalue weighted by atomic mass is 9.90. The number of rotatable bonds is 3. The normalized spacial score (nSPS) is 13.0. The van der Waals surface area contributed by atoms with Crippen molar-refractivity contribution >= 4 is 31.5 Å². The largest absolute Gasteiger partial charge is 0.294 e. The lowest BCUT2D eigenvalue weighted by Gasteiger charge is -2.19. The molecule has 0 N–H and O–H groups in total. The number of hydrogen-bond donors (Lipinski definition) is 0. The van der Waals surface area contributed by atoms with Gasteiger partial charge in [-0.25, -0.2) is 4.57 Å². The molecule has 0 spiro atoms. The van der Waals surface area contributed by atoms with Gasteiger partial charge in [-0.1, -0.05) is 45.9 Å². The molecule has 0 atom stereocenters. The average Bonchev–Trinajstić information content (AvgIpc) is 3.43. The molecule has 3 nitrogen and oxygen atoms in total. The third kappa shape index (κ3) is 2.64. The molecule has 0 saturated carbocycles. The van der Waals surface area contributed by atoms with Gasteiger partial charge in [0.1, 0.15) is 24.6 Å². The zero-order chi connectivity index (χ0) is 21.3. The summed E-state index contributed by atoms with van der Waals surface area (Å²) in [5.74, 6) is 2.13. The number of pyridine rings is 1. The van der Waals surface area contributed by atoms with Gasteiger partial charge in [0.05, 0.1) is 5.56 Å². The highest BCUT2D eigenvalue weighted by Crippen LogP contribution is 2.45. The summed E-state index contributed by atoms with van der Waals surface area (Å²) in [5.41, 5.74) is 6.96. The third-order valence-corrected chi connectivity index (χ3v) is 7.76. The first kappa shape index (κ1) is 18.8. The predicted molar refractivity (Wildman–Crippen MR) is 129 cm³/mol. The van der Waals surface area contributed by atoms with Gasteiger partial charge in [-0.2, -0.15) is 4.57 Å². The van der Waals surface area contributed by atoms with Crippen molar-refractivity contribution < 1.29 is 4.57 Å². The van der Waals surface area contributed by atoms with E-state index >= 15 is 0 Å². The quantitative estimate of drug-likeness (QED) is 0.286. The van der Waals surface area contributed by atoms with Gasteiger partial charge < -0.3 is 0 Å². The van der Waals surface area contributed by atoms with Crippen LogP contribution < -0.4 is 4.57 Å². The van der Waals surface area contributed by atoms with E-state index in [1.807, 2.05) is 23.7 Å². The highest BCUT2D eigenvalue weighted by molar-refractivity contribution is 7.26. The Hall–Kier alpha value is -2.98. The first-order valence-electron chi connectivity index (χ1n) is 11.1. The lowest BCUT2D eigenvalue weighted by molar-refractivity contribution is -0.671. The maximum atomic E-state index is 4.43. The summed E-state index contributed by atoms with van der Waals surface area (Å²) in [7, 11) is 0. The Bertz CT molecular complexity index is 1470. The minimum atomic E-state index is 0.414. The van der Waals surface area contributed by atoms with Crippen LogP contribution in [0.15, 0.2) is 61.2 Å². The minimum absolute atomic E-state index is 0.414. The topological polar surface area (TPSA) is 21.7 Å². The Balaban J connectivity index is 1.75. The van der Waals surface area contributed by atoms with Crippen LogP contribution in [0.4, 0.5) is 0 Å². The molecule has 0 saturated heterocycles. The fourth-order valence-corrected chi connectivity index (χ4v) is 6.46. The smallest absolute Gasteiger partial charge is 0.264 e. The average molecular weight is 425 g/mol. The molecule has 5 aromatic rings. The van der Waals surface area contributed by atoms with Crippen LogP contribution in [0.25, 0.3) is 37.2 Å². The second-order valence-corrected chi connectivity index (χ2v) is 10.2. The van der Waals surface area contributed by atoms with Gasteiger partial charge in [0.2, 0.25) is 0 Å². The van der Waals surface area contributed by atoms with Crippen LogP contribution in [0, 0.1) is 0 Å². The number of thiophene rings is 1. The van der Waals surface area contributed by atoms with Crippen LogP contribution in [0.2, 0.25) is 0 Å². The van der Waals surface area contributed by atoms with Gasteiger partial charge in [-0.3, -0.25) is 4.98 Å². The number of imidazole rings is 1. The monoisotopic (exact) mass is 424 g/mol. The maximum Gasteiger partial charge on any atom is 0.294 e. The molecule has 6 rings (SSSR count). The van der Waals surface area contributed by atoms with E-state index in [-0.39, 0.29) is 0 Å². The standard InChI is InChI=1S/C27H26N3S/c1-16(2)20-13-21-22-14-28-10-9-23(22)31-26(21)24(17(3)4)25(20)30-12-11-29-15-18-7-5-6-8-19(18)27(29)30/h5-14,16-17H,15H2,1-4H3/q+1. The van der Waals surface area contributed by atoms with Crippen LogP contribution >= 0.6 is 11.3 Å². The van der Waals surface area contributed by atoms with Crippen molar-refractivity contribution in [3.05, 3.63) is 77.9 Å². The summed E-state index contributed by atoms with van der Waals surface area (Å²) in [6.45, 7) is 10.2. The fraction of sp³-hybridized carbons (Fsp3) is 0.259. The Labute approximate surface area is 186 Å². The molecule has 2 aromatic carbocycles. The van der Waals surface area contributed by atoms with Crippen molar-refractivity contribution in [2.45, 2.75) is 46.1 Å².